The van der Waals surface area contributed by atoms with Crippen LogP contribution >= 0.6 is 0 Å². The molecule has 0 unspecified atom stereocenters. The molecule has 0 atom stereocenters. The van der Waals surface area contributed by atoms with E-state index in [0.717, 1.165) is 28.3 Å². The minimum absolute atomic E-state index is 0.270. The highest BCUT2D eigenvalue weighted by atomic mass is 16.5. The number of ether oxygens (including phenoxy) is 1. The first-order chi connectivity index (χ1) is 13.0. The Balaban J connectivity index is 1.58. The Hall–Kier alpha value is -3.68. The molecule has 2 N–H and O–H groups in total. The molecule has 1 amide bonds. The van der Waals surface area contributed by atoms with Gasteiger partial charge in [-0.2, -0.15) is 0 Å². The Bertz CT molecular complexity index is 1130. The number of rotatable bonds is 4. The Morgan fingerprint density at radius 1 is 1.15 bits per heavy atom. The van der Waals surface area contributed by atoms with Crippen LogP contribution in [0.1, 0.15) is 22.0 Å². The van der Waals surface area contributed by atoms with Gasteiger partial charge in [-0.3, -0.25) is 4.79 Å². The molecule has 0 radical (unpaired) electrons. The van der Waals surface area contributed by atoms with Crippen molar-refractivity contribution in [2.45, 2.75) is 13.8 Å². The molecule has 0 spiro atoms. The zero-order valence-corrected chi connectivity index (χ0v) is 15.1. The van der Waals surface area contributed by atoms with Gasteiger partial charge in [-0.15, -0.1) is 5.10 Å². The number of hydrogen-bond donors (Lipinski definition) is 2. The van der Waals surface area contributed by atoms with Crippen LogP contribution in [0.15, 0.2) is 42.5 Å². The van der Waals surface area contributed by atoms with Gasteiger partial charge in [0.05, 0.1) is 29.5 Å². The van der Waals surface area contributed by atoms with Crippen molar-refractivity contribution in [1.29, 1.82) is 0 Å². The molecule has 8 heteroatoms. The molecule has 2 aromatic heterocycles. The van der Waals surface area contributed by atoms with E-state index in [2.05, 4.69) is 25.6 Å². The number of H-pyrrole nitrogens is 1. The van der Waals surface area contributed by atoms with E-state index in [1.807, 2.05) is 49.4 Å². The molecule has 0 aliphatic heterocycles. The van der Waals surface area contributed by atoms with Gasteiger partial charge < -0.3 is 15.0 Å². The third kappa shape index (κ3) is 3.12. The predicted octanol–water partition coefficient (Wildman–Crippen LogP) is 3.02. The van der Waals surface area contributed by atoms with Crippen LogP contribution in [0.2, 0.25) is 0 Å². The maximum absolute atomic E-state index is 12.6. The summed E-state index contributed by atoms with van der Waals surface area (Å²) in [6.45, 7) is 3.69. The summed E-state index contributed by atoms with van der Waals surface area (Å²) in [5.41, 5.74) is 4.10. The van der Waals surface area contributed by atoms with E-state index in [1.165, 1.54) is 0 Å². The number of aromatic nitrogens is 5. The fourth-order valence-corrected chi connectivity index (χ4v) is 2.91. The van der Waals surface area contributed by atoms with Crippen molar-refractivity contribution >= 4 is 22.6 Å². The minimum Gasteiger partial charge on any atom is -0.497 e. The topological polar surface area (TPSA) is 97.7 Å². The Morgan fingerprint density at radius 2 is 1.93 bits per heavy atom. The molecular weight excluding hydrogens is 344 g/mol. The van der Waals surface area contributed by atoms with E-state index >= 15 is 0 Å². The van der Waals surface area contributed by atoms with Gasteiger partial charge in [-0.1, -0.05) is 5.21 Å². The number of amides is 1. The van der Waals surface area contributed by atoms with Crippen LogP contribution in [0, 0.1) is 13.8 Å². The molecular formula is C19H18N6O2. The number of carbonyl (C=O) groups is 1. The van der Waals surface area contributed by atoms with E-state index in [-0.39, 0.29) is 11.6 Å². The van der Waals surface area contributed by atoms with Gasteiger partial charge in [-0.25, -0.2) is 9.67 Å². The summed E-state index contributed by atoms with van der Waals surface area (Å²) in [7, 11) is 1.61. The Kier molecular flexibility index (Phi) is 4.08. The van der Waals surface area contributed by atoms with E-state index < -0.39 is 0 Å². The van der Waals surface area contributed by atoms with Crippen molar-refractivity contribution in [2.24, 2.45) is 0 Å². The van der Waals surface area contributed by atoms with Gasteiger partial charge in [0, 0.05) is 5.69 Å². The van der Waals surface area contributed by atoms with Gasteiger partial charge in [0.2, 0.25) is 0 Å². The zero-order chi connectivity index (χ0) is 19.0. The van der Waals surface area contributed by atoms with Crippen LogP contribution < -0.4 is 10.1 Å². The van der Waals surface area contributed by atoms with E-state index in [9.17, 15) is 4.79 Å². The van der Waals surface area contributed by atoms with E-state index in [1.54, 1.807) is 18.7 Å². The number of aromatic amines is 1. The number of imidazole rings is 1. The largest absolute Gasteiger partial charge is 0.497 e. The SMILES string of the molecule is COc1ccc(-n2nnc(C(=O)Nc3ccc4nc(C)[nH]c4c3)c2C)cc1. The summed E-state index contributed by atoms with van der Waals surface area (Å²) >= 11 is 0. The Labute approximate surface area is 155 Å². The van der Waals surface area contributed by atoms with Gasteiger partial charge in [0.15, 0.2) is 5.69 Å². The third-order valence-electron chi connectivity index (χ3n) is 4.28. The highest BCUT2D eigenvalue weighted by Gasteiger charge is 2.18. The number of nitrogens with zero attached hydrogens (tertiary/aromatic N) is 4. The summed E-state index contributed by atoms with van der Waals surface area (Å²) in [6, 6.07) is 12.9. The van der Waals surface area contributed by atoms with Gasteiger partial charge in [0.1, 0.15) is 11.6 Å². The first-order valence-corrected chi connectivity index (χ1v) is 8.39. The molecule has 4 aromatic rings. The summed E-state index contributed by atoms with van der Waals surface area (Å²) in [5.74, 6) is 1.26. The van der Waals surface area contributed by atoms with Crippen molar-refractivity contribution in [3.05, 3.63) is 59.7 Å². The summed E-state index contributed by atoms with van der Waals surface area (Å²) in [4.78, 5) is 20.2. The normalized spacial score (nSPS) is 10.9. The summed E-state index contributed by atoms with van der Waals surface area (Å²) in [5, 5.41) is 11.0. The smallest absolute Gasteiger partial charge is 0.278 e. The number of hydrogen-bond acceptors (Lipinski definition) is 5. The lowest BCUT2D eigenvalue weighted by atomic mass is 10.2. The molecule has 0 bridgehead atoms. The van der Waals surface area contributed by atoms with Crippen LogP contribution in [-0.2, 0) is 0 Å². The lowest BCUT2D eigenvalue weighted by Crippen LogP contribution is -2.14. The number of fused-ring (bicyclic) bond motifs is 1. The maximum atomic E-state index is 12.6. The predicted molar refractivity (Wildman–Crippen MR) is 101 cm³/mol. The first-order valence-electron chi connectivity index (χ1n) is 8.39. The minimum atomic E-state index is -0.317. The molecule has 2 aromatic carbocycles. The second-order valence-electron chi connectivity index (χ2n) is 6.14. The third-order valence-corrected chi connectivity index (χ3v) is 4.28. The fraction of sp³-hybridized carbons (Fsp3) is 0.158. The van der Waals surface area contributed by atoms with Crippen LogP contribution in [0.3, 0.4) is 0 Å². The molecule has 2 heterocycles. The second kappa shape index (κ2) is 6.56. The van der Waals surface area contributed by atoms with Crippen molar-refractivity contribution in [2.75, 3.05) is 12.4 Å². The molecule has 4 rings (SSSR count). The summed E-state index contributed by atoms with van der Waals surface area (Å²) < 4.78 is 6.78. The number of methoxy groups -OCH3 is 1. The lowest BCUT2D eigenvalue weighted by Gasteiger charge is -2.06. The van der Waals surface area contributed by atoms with Crippen molar-refractivity contribution in [3.8, 4) is 11.4 Å². The van der Waals surface area contributed by atoms with Gasteiger partial charge >= 0.3 is 0 Å². The second-order valence-corrected chi connectivity index (χ2v) is 6.14. The summed E-state index contributed by atoms with van der Waals surface area (Å²) in [6.07, 6.45) is 0. The Morgan fingerprint density at radius 3 is 2.67 bits per heavy atom. The molecule has 0 aliphatic rings. The number of aryl methyl sites for hydroxylation is 1. The van der Waals surface area contributed by atoms with E-state index in [4.69, 9.17) is 4.74 Å². The lowest BCUT2D eigenvalue weighted by molar-refractivity contribution is 0.102. The number of carbonyl (C=O) groups excluding carboxylic acids is 1. The van der Waals surface area contributed by atoms with E-state index in [0.29, 0.717) is 11.4 Å². The fourth-order valence-electron chi connectivity index (χ4n) is 2.91. The monoisotopic (exact) mass is 362 g/mol. The molecule has 0 fully saturated rings. The molecule has 136 valence electrons. The average molecular weight is 362 g/mol. The number of benzene rings is 2. The van der Waals surface area contributed by atoms with Crippen LogP contribution in [0.5, 0.6) is 5.75 Å². The number of anilines is 1. The average Bonchev–Trinajstić information content (AvgIpc) is 3.23. The highest BCUT2D eigenvalue weighted by Crippen LogP contribution is 2.20. The zero-order valence-electron chi connectivity index (χ0n) is 15.1. The molecule has 0 saturated carbocycles. The molecule has 0 saturated heterocycles. The standard InChI is InChI=1S/C19H18N6O2/c1-11-18(23-24-25(11)14-5-7-15(27-3)8-6-14)19(26)22-13-4-9-16-17(10-13)21-12(2)20-16/h4-10H,1-3H3,(H,20,21)(H,22,26). The van der Waals surface area contributed by atoms with Gasteiger partial charge in [-0.05, 0) is 56.3 Å². The number of nitrogens with one attached hydrogen (secondary N) is 2. The van der Waals surface area contributed by atoms with Crippen molar-refractivity contribution in [3.63, 3.8) is 0 Å². The van der Waals surface area contributed by atoms with Crippen molar-refractivity contribution < 1.29 is 9.53 Å². The molecule has 8 nitrogen and oxygen atoms in total. The quantitative estimate of drug-likeness (QED) is 0.581. The maximum Gasteiger partial charge on any atom is 0.278 e. The molecule has 27 heavy (non-hydrogen) atoms. The molecule has 0 aliphatic carbocycles. The van der Waals surface area contributed by atoms with Crippen LogP contribution in [0.4, 0.5) is 5.69 Å². The van der Waals surface area contributed by atoms with Crippen LogP contribution in [0.25, 0.3) is 16.7 Å². The highest BCUT2D eigenvalue weighted by molar-refractivity contribution is 6.04. The van der Waals surface area contributed by atoms with Crippen molar-refractivity contribution in [1.82, 2.24) is 25.0 Å². The van der Waals surface area contributed by atoms with Gasteiger partial charge in [0.25, 0.3) is 5.91 Å². The first kappa shape index (κ1) is 16.8. The van der Waals surface area contributed by atoms with Crippen LogP contribution in [-0.4, -0.2) is 38.0 Å².